The summed E-state index contributed by atoms with van der Waals surface area (Å²) in [6.45, 7) is 0.529. The van der Waals surface area contributed by atoms with Crippen LogP contribution in [0, 0.1) is 0 Å². The molecule has 0 spiro atoms. The number of amides is 1. The lowest BCUT2D eigenvalue weighted by molar-refractivity contribution is 0.0943. The van der Waals surface area contributed by atoms with Crippen molar-refractivity contribution < 1.29 is 4.79 Å². The molecule has 3 rings (SSSR count). The number of carbonyl (C=O) groups is 1. The van der Waals surface area contributed by atoms with Gasteiger partial charge in [0.2, 0.25) is 11.1 Å². The normalized spacial score (nSPS) is 13.5. The molecule has 1 N–H and O–H groups in total. The minimum Gasteiger partial charge on any atom is -0.349 e. The van der Waals surface area contributed by atoms with E-state index in [-0.39, 0.29) is 17.0 Å². The lowest BCUT2D eigenvalue weighted by Gasteiger charge is -2.00. The number of hydrogen-bond donors (Lipinski definition) is 1. The highest BCUT2D eigenvalue weighted by atomic mass is 35.5. The minimum absolute atomic E-state index is 0.0964. The molecule has 2 aromatic heterocycles. The molecule has 106 valence electrons. The van der Waals surface area contributed by atoms with Crippen molar-refractivity contribution in [3.05, 3.63) is 26.7 Å². The smallest absolute Gasteiger partial charge is 0.291 e. The van der Waals surface area contributed by atoms with Gasteiger partial charge in [0.05, 0.1) is 10.7 Å². The van der Waals surface area contributed by atoms with Gasteiger partial charge in [-0.05, 0) is 30.9 Å². The van der Waals surface area contributed by atoms with Gasteiger partial charge in [0.25, 0.3) is 5.91 Å². The van der Waals surface area contributed by atoms with Gasteiger partial charge in [0.1, 0.15) is 0 Å². The molecule has 0 atom stereocenters. The quantitative estimate of drug-likeness (QED) is 0.926. The molecule has 0 bridgehead atoms. The van der Waals surface area contributed by atoms with Gasteiger partial charge in [-0.3, -0.25) is 4.79 Å². The zero-order valence-electron chi connectivity index (χ0n) is 11.0. The fourth-order valence-electron chi connectivity index (χ4n) is 2.17. The van der Waals surface area contributed by atoms with E-state index in [9.17, 15) is 4.79 Å². The summed E-state index contributed by atoms with van der Waals surface area (Å²) < 4.78 is 1.36. The van der Waals surface area contributed by atoms with Crippen molar-refractivity contribution in [3.8, 4) is 0 Å². The second-order valence-corrected chi connectivity index (χ2v) is 6.17. The number of rotatable bonds is 4. The molecule has 0 radical (unpaired) electrons. The van der Waals surface area contributed by atoms with Gasteiger partial charge >= 0.3 is 0 Å². The number of fused-ring (bicyclic) bond motifs is 1. The molecule has 1 aliphatic rings. The number of nitrogens with one attached hydrogen (secondary N) is 1. The molecular formula is C12H14ClN5OS. The third-order valence-corrected chi connectivity index (χ3v) is 4.72. The topological polar surface area (TPSA) is 72.7 Å². The van der Waals surface area contributed by atoms with Crippen molar-refractivity contribution in [2.24, 2.45) is 7.05 Å². The van der Waals surface area contributed by atoms with Crippen LogP contribution in [-0.2, 0) is 26.3 Å². The summed E-state index contributed by atoms with van der Waals surface area (Å²) >= 11 is 7.50. The van der Waals surface area contributed by atoms with Crippen molar-refractivity contribution in [2.75, 3.05) is 6.54 Å². The van der Waals surface area contributed by atoms with Crippen molar-refractivity contribution in [1.82, 2.24) is 25.1 Å². The molecule has 2 aromatic rings. The van der Waals surface area contributed by atoms with E-state index in [0.717, 1.165) is 24.3 Å². The van der Waals surface area contributed by atoms with Crippen LogP contribution < -0.4 is 5.32 Å². The van der Waals surface area contributed by atoms with Crippen LogP contribution in [0.3, 0.4) is 0 Å². The van der Waals surface area contributed by atoms with E-state index in [1.807, 2.05) is 0 Å². The van der Waals surface area contributed by atoms with Gasteiger partial charge < -0.3 is 5.32 Å². The maximum absolute atomic E-state index is 11.8. The summed E-state index contributed by atoms with van der Waals surface area (Å²) in [5.74, 6) is -0.212. The lowest BCUT2D eigenvalue weighted by atomic mass is 10.3. The predicted octanol–water partition coefficient (Wildman–Crippen LogP) is 1.39. The summed E-state index contributed by atoms with van der Waals surface area (Å²) in [4.78, 5) is 21.7. The third kappa shape index (κ3) is 2.69. The Morgan fingerprint density at radius 2 is 2.30 bits per heavy atom. The summed E-state index contributed by atoms with van der Waals surface area (Å²) in [6.07, 6.45) is 4.20. The van der Waals surface area contributed by atoms with Gasteiger partial charge in [-0.2, -0.15) is 4.98 Å². The molecular weight excluding hydrogens is 298 g/mol. The Bertz CT molecular complexity index is 609. The Labute approximate surface area is 125 Å². The molecule has 0 saturated carbocycles. The first-order chi connectivity index (χ1) is 9.63. The molecule has 0 aliphatic heterocycles. The first-order valence-electron chi connectivity index (χ1n) is 6.45. The number of hydrogen-bond acceptors (Lipinski definition) is 5. The van der Waals surface area contributed by atoms with E-state index < -0.39 is 0 Å². The molecule has 20 heavy (non-hydrogen) atoms. The zero-order valence-corrected chi connectivity index (χ0v) is 12.6. The van der Waals surface area contributed by atoms with E-state index >= 15 is 0 Å². The average Bonchev–Trinajstić information content (AvgIpc) is 3.05. The summed E-state index contributed by atoms with van der Waals surface area (Å²) in [6, 6.07) is 0. The van der Waals surface area contributed by atoms with Gasteiger partial charge in [0.15, 0.2) is 0 Å². The number of nitrogens with zero attached hydrogens (tertiary/aromatic N) is 4. The highest BCUT2D eigenvalue weighted by Crippen LogP contribution is 2.27. The first kappa shape index (κ1) is 13.5. The molecule has 0 aromatic carbocycles. The average molecular weight is 312 g/mol. The van der Waals surface area contributed by atoms with Crippen LogP contribution >= 0.6 is 22.9 Å². The van der Waals surface area contributed by atoms with Crippen LogP contribution in [0.1, 0.15) is 32.6 Å². The number of carbonyl (C=O) groups excluding carboxylic acids is 1. The Morgan fingerprint density at radius 3 is 3.00 bits per heavy atom. The second-order valence-electron chi connectivity index (χ2n) is 4.66. The SMILES string of the molecule is Cn1nc(C(=O)NCCc2nc3c(s2)CCC3)nc1Cl. The van der Waals surface area contributed by atoms with Gasteiger partial charge in [-0.15, -0.1) is 16.4 Å². The Morgan fingerprint density at radius 1 is 1.45 bits per heavy atom. The maximum atomic E-state index is 11.8. The van der Waals surface area contributed by atoms with Crippen molar-refractivity contribution in [1.29, 1.82) is 0 Å². The maximum Gasteiger partial charge on any atom is 0.291 e. The lowest BCUT2D eigenvalue weighted by Crippen LogP contribution is -2.26. The number of halogens is 1. The molecule has 1 aliphatic carbocycles. The predicted molar refractivity (Wildman–Crippen MR) is 76.2 cm³/mol. The van der Waals surface area contributed by atoms with Gasteiger partial charge in [0, 0.05) is 24.9 Å². The van der Waals surface area contributed by atoms with E-state index in [0.29, 0.717) is 6.54 Å². The molecule has 8 heteroatoms. The molecule has 1 amide bonds. The van der Waals surface area contributed by atoms with Crippen LogP contribution in [0.15, 0.2) is 0 Å². The van der Waals surface area contributed by atoms with Crippen LogP contribution in [0.4, 0.5) is 0 Å². The zero-order chi connectivity index (χ0) is 14.1. The highest BCUT2D eigenvalue weighted by molar-refractivity contribution is 7.11. The monoisotopic (exact) mass is 311 g/mol. The molecule has 2 heterocycles. The standard InChI is InChI=1S/C12H14ClN5OS/c1-18-12(13)16-10(17-18)11(19)14-6-5-9-15-7-3-2-4-8(7)20-9/h2-6H2,1H3,(H,14,19). The van der Waals surface area contributed by atoms with Gasteiger partial charge in [-0.25, -0.2) is 9.67 Å². The largest absolute Gasteiger partial charge is 0.349 e. The van der Waals surface area contributed by atoms with E-state index in [4.69, 9.17) is 11.6 Å². The first-order valence-corrected chi connectivity index (χ1v) is 7.65. The number of thiazole rings is 1. The third-order valence-electron chi connectivity index (χ3n) is 3.18. The van der Waals surface area contributed by atoms with Crippen LogP contribution in [0.25, 0.3) is 0 Å². The van der Waals surface area contributed by atoms with E-state index in [1.54, 1.807) is 18.4 Å². The highest BCUT2D eigenvalue weighted by Gasteiger charge is 2.17. The molecule has 0 fully saturated rings. The number of aromatic nitrogens is 4. The second kappa shape index (κ2) is 5.49. The van der Waals surface area contributed by atoms with Crippen LogP contribution in [0.5, 0.6) is 0 Å². The van der Waals surface area contributed by atoms with Crippen LogP contribution in [-0.4, -0.2) is 32.2 Å². The van der Waals surface area contributed by atoms with Crippen molar-refractivity contribution in [2.45, 2.75) is 25.7 Å². The Kier molecular flexibility index (Phi) is 3.71. The molecule has 0 unspecified atom stereocenters. The summed E-state index contributed by atoms with van der Waals surface area (Å²) in [7, 11) is 1.64. The van der Waals surface area contributed by atoms with Crippen LogP contribution in [0.2, 0.25) is 5.28 Å². The Balaban J connectivity index is 1.53. The molecule has 0 saturated heterocycles. The van der Waals surface area contributed by atoms with Gasteiger partial charge in [-0.1, -0.05) is 0 Å². The van der Waals surface area contributed by atoms with Crippen molar-refractivity contribution >= 4 is 28.8 Å². The molecule has 6 nitrogen and oxygen atoms in total. The number of aryl methyl sites for hydroxylation is 3. The van der Waals surface area contributed by atoms with E-state index in [2.05, 4.69) is 20.4 Å². The summed E-state index contributed by atoms with van der Waals surface area (Å²) in [5.41, 5.74) is 1.24. The fraction of sp³-hybridized carbons (Fsp3) is 0.500. The minimum atomic E-state index is -0.309. The summed E-state index contributed by atoms with van der Waals surface area (Å²) in [5, 5.41) is 7.99. The Hall–Kier alpha value is -1.47. The van der Waals surface area contributed by atoms with E-state index in [1.165, 1.54) is 21.7 Å². The van der Waals surface area contributed by atoms with Crippen molar-refractivity contribution in [3.63, 3.8) is 0 Å². The fourth-order valence-corrected chi connectivity index (χ4v) is 3.45.